The molecule has 0 aliphatic heterocycles. The van der Waals surface area contributed by atoms with Crippen LogP contribution in [0.15, 0.2) is 15.9 Å². The van der Waals surface area contributed by atoms with Crippen LogP contribution in [0.25, 0.3) is 0 Å². The van der Waals surface area contributed by atoms with Crippen molar-refractivity contribution < 1.29 is 0 Å². The van der Waals surface area contributed by atoms with Crippen LogP contribution in [0.4, 0.5) is 0 Å². The van der Waals surface area contributed by atoms with Gasteiger partial charge in [0.2, 0.25) is 0 Å². The van der Waals surface area contributed by atoms with Crippen molar-refractivity contribution in [2.24, 2.45) is 17.8 Å². The molecule has 1 aromatic rings. The Kier molecular flexibility index (Phi) is 3.60. The summed E-state index contributed by atoms with van der Waals surface area (Å²) in [6.07, 6.45) is 6.01. The second-order valence-electron chi connectivity index (χ2n) is 5.71. The lowest BCUT2D eigenvalue weighted by atomic mass is 9.89. The summed E-state index contributed by atoms with van der Waals surface area (Å²) in [5.74, 6) is 3.06. The summed E-state index contributed by atoms with van der Waals surface area (Å²) in [7, 11) is 0. The maximum atomic E-state index is 3.73. The molecule has 0 spiro atoms. The minimum Gasteiger partial charge on any atom is -0.309 e. The molecule has 3 heteroatoms. The smallest absolute Gasteiger partial charge is 0.0701 e. The van der Waals surface area contributed by atoms with Crippen molar-refractivity contribution in [3.63, 3.8) is 0 Å². The van der Waals surface area contributed by atoms with Gasteiger partial charge < -0.3 is 5.32 Å². The normalized spacial score (nSPS) is 33.2. The first-order chi connectivity index (χ1) is 8.22. The van der Waals surface area contributed by atoms with Gasteiger partial charge in [-0.05, 0) is 78.5 Å². The van der Waals surface area contributed by atoms with Crippen LogP contribution in [-0.2, 0) is 0 Å². The molecule has 1 nitrogen and oxygen atoms in total. The van der Waals surface area contributed by atoms with E-state index < -0.39 is 0 Å². The lowest BCUT2D eigenvalue weighted by Crippen LogP contribution is -2.28. The standard InChI is InChI=1S/C14H20BrNS/c1-9(13-4-5-14(15)17-13)16-8-12-7-10-2-3-11(12)6-10/h4-5,9-12,16H,2-3,6-8H2,1H3. The third kappa shape index (κ3) is 2.61. The summed E-state index contributed by atoms with van der Waals surface area (Å²) in [5, 5.41) is 3.73. The van der Waals surface area contributed by atoms with Crippen LogP contribution in [-0.4, -0.2) is 6.54 Å². The summed E-state index contributed by atoms with van der Waals surface area (Å²) < 4.78 is 1.24. The topological polar surface area (TPSA) is 12.0 Å². The van der Waals surface area contributed by atoms with Crippen LogP contribution in [0.3, 0.4) is 0 Å². The van der Waals surface area contributed by atoms with Gasteiger partial charge in [0.25, 0.3) is 0 Å². The van der Waals surface area contributed by atoms with Crippen molar-refractivity contribution in [2.75, 3.05) is 6.54 Å². The Morgan fingerprint density at radius 1 is 1.41 bits per heavy atom. The van der Waals surface area contributed by atoms with Crippen molar-refractivity contribution in [1.82, 2.24) is 5.32 Å². The predicted molar refractivity (Wildman–Crippen MR) is 77.4 cm³/mol. The Bertz CT molecular complexity index is 389. The Labute approximate surface area is 116 Å². The largest absolute Gasteiger partial charge is 0.309 e. The maximum absolute atomic E-state index is 3.73. The average Bonchev–Trinajstić information content (AvgIpc) is 3.01. The highest BCUT2D eigenvalue weighted by Crippen LogP contribution is 2.48. The molecule has 0 radical (unpaired) electrons. The van der Waals surface area contributed by atoms with E-state index in [1.165, 1.54) is 40.9 Å². The summed E-state index contributed by atoms with van der Waals surface area (Å²) in [5.41, 5.74) is 0. The Balaban J connectivity index is 1.51. The fraction of sp³-hybridized carbons (Fsp3) is 0.714. The van der Waals surface area contributed by atoms with Gasteiger partial charge >= 0.3 is 0 Å². The summed E-state index contributed by atoms with van der Waals surface area (Å²) in [4.78, 5) is 1.44. The number of rotatable bonds is 4. The number of hydrogen-bond donors (Lipinski definition) is 1. The lowest BCUT2D eigenvalue weighted by molar-refractivity contribution is 0.310. The number of halogens is 1. The van der Waals surface area contributed by atoms with E-state index >= 15 is 0 Å². The van der Waals surface area contributed by atoms with Crippen molar-refractivity contribution >= 4 is 27.3 Å². The van der Waals surface area contributed by atoms with Gasteiger partial charge in [-0.15, -0.1) is 11.3 Å². The summed E-state index contributed by atoms with van der Waals surface area (Å²) in [6.45, 7) is 3.50. The SMILES string of the molecule is CC(NCC1CC2CCC1C2)c1ccc(Br)s1. The fourth-order valence-corrected chi connectivity index (χ4v) is 5.07. The van der Waals surface area contributed by atoms with Crippen molar-refractivity contribution in [3.8, 4) is 0 Å². The molecule has 1 N–H and O–H groups in total. The Hall–Kier alpha value is 0.140. The van der Waals surface area contributed by atoms with Crippen LogP contribution in [0.1, 0.15) is 43.5 Å². The van der Waals surface area contributed by atoms with Crippen LogP contribution < -0.4 is 5.32 Å². The molecule has 2 saturated carbocycles. The molecule has 2 aliphatic carbocycles. The highest BCUT2D eigenvalue weighted by Gasteiger charge is 2.39. The molecule has 0 aromatic carbocycles. The number of thiophene rings is 1. The van der Waals surface area contributed by atoms with E-state index in [2.05, 4.69) is 40.3 Å². The number of fused-ring (bicyclic) bond motifs is 2. The second kappa shape index (κ2) is 5.02. The molecule has 2 aliphatic rings. The first-order valence-electron chi connectivity index (χ1n) is 6.71. The van der Waals surface area contributed by atoms with Crippen LogP contribution >= 0.6 is 27.3 Å². The Morgan fingerprint density at radius 3 is 2.88 bits per heavy atom. The molecule has 4 unspecified atom stereocenters. The van der Waals surface area contributed by atoms with Crippen molar-refractivity contribution in [3.05, 3.63) is 20.8 Å². The van der Waals surface area contributed by atoms with Gasteiger partial charge in [-0.2, -0.15) is 0 Å². The Morgan fingerprint density at radius 2 is 2.29 bits per heavy atom. The highest BCUT2D eigenvalue weighted by atomic mass is 79.9. The minimum absolute atomic E-state index is 0.505. The molecule has 3 rings (SSSR count). The molecular weight excluding hydrogens is 294 g/mol. The maximum Gasteiger partial charge on any atom is 0.0701 e. The first-order valence-corrected chi connectivity index (χ1v) is 8.32. The van der Waals surface area contributed by atoms with Crippen LogP contribution in [0.2, 0.25) is 0 Å². The van der Waals surface area contributed by atoms with Crippen LogP contribution in [0, 0.1) is 17.8 Å². The third-order valence-electron chi connectivity index (χ3n) is 4.59. The van der Waals surface area contributed by atoms with E-state index in [1.807, 2.05) is 11.3 Å². The fourth-order valence-electron chi connectivity index (χ4n) is 3.62. The zero-order chi connectivity index (χ0) is 11.8. The van der Waals surface area contributed by atoms with E-state index in [4.69, 9.17) is 0 Å². The van der Waals surface area contributed by atoms with Gasteiger partial charge in [-0.3, -0.25) is 0 Å². The van der Waals surface area contributed by atoms with Crippen molar-refractivity contribution in [1.29, 1.82) is 0 Å². The lowest BCUT2D eigenvalue weighted by Gasteiger charge is -2.23. The van der Waals surface area contributed by atoms with E-state index in [0.29, 0.717) is 6.04 Å². The monoisotopic (exact) mass is 313 g/mol. The predicted octanol–water partition coefficient (Wildman–Crippen LogP) is 4.60. The van der Waals surface area contributed by atoms with Gasteiger partial charge in [0.05, 0.1) is 3.79 Å². The molecule has 0 saturated heterocycles. The third-order valence-corrected chi connectivity index (χ3v) is 6.40. The van der Waals surface area contributed by atoms with E-state index in [-0.39, 0.29) is 0 Å². The molecule has 2 fully saturated rings. The molecule has 17 heavy (non-hydrogen) atoms. The zero-order valence-electron chi connectivity index (χ0n) is 10.3. The molecule has 2 bridgehead atoms. The molecule has 1 heterocycles. The zero-order valence-corrected chi connectivity index (χ0v) is 12.7. The van der Waals surface area contributed by atoms with Gasteiger partial charge in [-0.1, -0.05) is 6.42 Å². The second-order valence-corrected chi connectivity index (χ2v) is 8.20. The molecule has 1 aromatic heterocycles. The summed E-state index contributed by atoms with van der Waals surface area (Å²) >= 11 is 5.38. The average molecular weight is 314 g/mol. The van der Waals surface area contributed by atoms with Gasteiger partial charge in [-0.25, -0.2) is 0 Å². The minimum atomic E-state index is 0.505. The number of hydrogen-bond acceptors (Lipinski definition) is 2. The van der Waals surface area contributed by atoms with Gasteiger partial charge in [0.1, 0.15) is 0 Å². The van der Waals surface area contributed by atoms with Crippen molar-refractivity contribution in [2.45, 2.75) is 38.6 Å². The molecule has 0 amide bonds. The quantitative estimate of drug-likeness (QED) is 0.856. The first kappa shape index (κ1) is 12.2. The van der Waals surface area contributed by atoms with E-state index in [0.717, 1.165) is 17.8 Å². The molecule has 4 atom stereocenters. The van der Waals surface area contributed by atoms with E-state index in [9.17, 15) is 0 Å². The van der Waals surface area contributed by atoms with Crippen LogP contribution in [0.5, 0.6) is 0 Å². The van der Waals surface area contributed by atoms with Gasteiger partial charge in [0.15, 0.2) is 0 Å². The highest BCUT2D eigenvalue weighted by molar-refractivity contribution is 9.11. The van der Waals surface area contributed by atoms with E-state index in [1.54, 1.807) is 0 Å². The van der Waals surface area contributed by atoms with Gasteiger partial charge in [0, 0.05) is 10.9 Å². The number of nitrogens with one attached hydrogen (secondary N) is 1. The molecule has 94 valence electrons. The summed E-state index contributed by atoms with van der Waals surface area (Å²) in [6, 6.07) is 4.88. The molecular formula is C14H20BrNS.